The van der Waals surface area contributed by atoms with Crippen LogP contribution in [0, 0.1) is 0 Å². The van der Waals surface area contributed by atoms with Gasteiger partial charge in [0.15, 0.2) is 0 Å². The average molecular weight is 389 g/mol. The van der Waals surface area contributed by atoms with Gasteiger partial charge >= 0.3 is 0 Å². The largest absolute Gasteiger partial charge is 0.254 e. The number of fused-ring (bicyclic) bond motifs is 3. The summed E-state index contributed by atoms with van der Waals surface area (Å²) in [4.78, 5) is 9.44. The maximum Gasteiger partial charge on any atom is 0.0967 e. The van der Waals surface area contributed by atoms with Gasteiger partial charge in [0, 0.05) is 23.2 Å². The molecule has 0 fully saturated rings. The van der Waals surface area contributed by atoms with E-state index < -0.39 is 0 Å². The number of hydrogen-bond donors (Lipinski definition) is 0. The van der Waals surface area contributed by atoms with Crippen molar-refractivity contribution in [2.24, 2.45) is 0 Å². The number of aromatic nitrogens is 2. The fourth-order valence-corrected chi connectivity index (χ4v) is 4.23. The highest BCUT2D eigenvalue weighted by Gasteiger charge is 2.10. The number of aryl methyl sites for hydroxylation is 4. The molecule has 0 unspecified atom stereocenters. The quantitative estimate of drug-likeness (QED) is 0.317. The van der Waals surface area contributed by atoms with Gasteiger partial charge in [0.1, 0.15) is 0 Å². The Morgan fingerprint density at radius 3 is 1.30 bits per heavy atom. The summed E-state index contributed by atoms with van der Waals surface area (Å²) in [5.41, 5.74) is 7.43. The van der Waals surface area contributed by atoms with Crippen molar-refractivity contribution < 1.29 is 0 Å². The Hall–Kier alpha value is -3.52. The smallest absolute Gasteiger partial charge is 0.0967 e. The molecule has 0 aliphatic heterocycles. The molecule has 0 aliphatic carbocycles. The van der Waals surface area contributed by atoms with Crippen LogP contribution in [0.5, 0.6) is 0 Å². The molecule has 30 heavy (non-hydrogen) atoms. The Morgan fingerprint density at radius 1 is 0.433 bits per heavy atom. The molecule has 3 aromatic carbocycles. The SMILES string of the molecule is c1ccc(CCc2ccnc3c2ccc2c(CCc4ccccc4)ccnc23)cc1. The molecule has 0 amide bonds. The fraction of sp³-hybridized carbons (Fsp3) is 0.143. The minimum absolute atomic E-state index is 1.00. The lowest BCUT2D eigenvalue weighted by Gasteiger charge is -2.11. The Labute approximate surface area is 177 Å². The first-order valence-corrected chi connectivity index (χ1v) is 10.6. The summed E-state index contributed by atoms with van der Waals surface area (Å²) in [6, 6.07) is 30.1. The summed E-state index contributed by atoms with van der Waals surface area (Å²) in [6.07, 6.45) is 7.93. The van der Waals surface area contributed by atoms with Gasteiger partial charge in [-0.25, -0.2) is 0 Å². The number of rotatable bonds is 6. The number of benzene rings is 3. The van der Waals surface area contributed by atoms with E-state index in [0.29, 0.717) is 0 Å². The predicted molar refractivity (Wildman–Crippen MR) is 125 cm³/mol. The van der Waals surface area contributed by atoms with Crippen LogP contribution in [-0.4, -0.2) is 9.97 Å². The van der Waals surface area contributed by atoms with E-state index in [1.165, 1.54) is 33.0 Å². The van der Waals surface area contributed by atoms with Crippen LogP contribution >= 0.6 is 0 Å². The fourth-order valence-electron chi connectivity index (χ4n) is 4.23. The zero-order valence-electron chi connectivity index (χ0n) is 17.0. The standard InChI is InChI=1S/C28H24N2/c1-3-7-21(8-4-1)11-13-23-17-19-29-27-25(23)15-16-26-24(18-20-30-28(26)27)14-12-22-9-5-2-6-10-22/h1-10,15-20H,11-14H2. The van der Waals surface area contributed by atoms with Crippen molar-refractivity contribution in [1.82, 2.24) is 9.97 Å². The van der Waals surface area contributed by atoms with E-state index in [2.05, 4.69) is 84.9 Å². The highest BCUT2D eigenvalue weighted by Crippen LogP contribution is 2.28. The van der Waals surface area contributed by atoms with E-state index in [0.717, 1.165) is 36.7 Å². The average Bonchev–Trinajstić information content (AvgIpc) is 2.82. The van der Waals surface area contributed by atoms with Crippen LogP contribution < -0.4 is 0 Å². The molecule has 0 atom stereocenters. The molecule has 0 spiro atoms. The van der Waals surface area contributed by atoms with Crippen molar-refractivity contribution >= 4 is 21.8 Å². The molecular weight excluding hydrogens is 364 g/mol. The molecule has 0 saturated carbocycles. The van der Waals surface area contributed by atoms with Gasteiger partial charge in [0.2, 0.25) is 0 Å². The molecule has 0 radical (unpaired) electrons. The Morgan fingerprint density at radius 2 is 0.867 bits per heavy atom. The summed E-state index contributed by atoms with van der Waals surface area (Å²) in [7, 11) is 0. The Kier molecular flexibility index (Phi) is 5.22. The van der Waals surface area contributed by atoms with Crippen LogP contribution in [0.4, 0.5) is 0 Å². The lowest BCUT2D eigenvalue weighted by Crippen LogP contribution is -1.97. The minimum atomic E-state index is 1.00. The molecule has 146 valence electrons. The van der Waals surface area contributed by atoms with Gasteiger partial charge in [0.25, 0.3) is 0 Å². The molecular formula is C28H24N2. The summed E-state index contributed by atoms with van der Waals surface area (Å²) >= 11 is 0. The second kappa shape index (κ2) is 8.46. The molecule has 5 aromatic rings. The molecule has 2 nitrogen and oxygen atoms in total. The normalized spacial score (nSPS) is 11.2. The maximum atomic E-state index is 4.72. The second-order valence-electron chi connectivity index (χ2n) is 7.77. The lowest BCUT2D eigenvalue weighted by atomic mass is 9.97. The highest BCUT2D eigenvalue weighted by molar-refractivity contribution is 6.04. The zero-order valence-corrected chi connectivity index (χ0v) is 17.0. The van der Waals surface area contributed by atoms with Gasteiger partial charge in [-0.2, -0.15) is 0 Å². The van der Waals surface area contributed by atoms with E-state index in [4.69, 9.17) is 9.97 Å². The van der Waals surface area contributed by atoms with E-state index in [1.807, 2.05) is 12.4 Å². The summed E-state index contributed by atoms with van der Waals surface area (Å²) in [6.45, 7) is 0. The third-order valence-electron chi connectivity index (χ3n) is 5.85. The van der Waals surface area contributed by atoms with Gasteiger partial charge in [-0.3, -0.25) is 9.97 Å². The van der Waals surface area contributed by atoms with E-state index in [9.17, 15) is 0 Å². The van der Waals surface area contributed by atoms with Gasteiger partial charge in [-0.15, -0.1) is 0 Å². The monoisotopic (exact) mass is 388 g/mol. The topological polar surface area (TPSA) is 25.8 Å². The Balaban J connectivity index is 1.47. The number of pyridine rings is 2. The zero-order chi connectivity index (χ0) is 20.2. The van der Waals surface area contributed by atoms with Gasteiger partial charge < -0.3 is 0 Å². The second-order valence-corrected chi connectivity index (χ2v) is 7.77. The molecule has 0 saturated heterocycles. The first-order valence-electron chi connectivity index (χ1n) is 10.6. The van der Waals surface area contributed by atoms with Crippen molar-refractivity contribution in [3.05, 3.63) is 120 Å². The van der Waals surface area contributed by atoms with Gasteiger partial charge in [-0.05, 0) is 60.1 Å². The third kappa shape index (κ3) is 3.81. The number of nitrogens with zero attached hydrogens (tertiary/aromatic N) is 2. The first kappa shape index (κ1) is 18.5. The van der Waals surface area contributed by atoms with Crippen molar-refractivity contribution in [2.75, 3.05) is 0 Å². The van der Waals surface area contributed by atoms with Crippen LogP contribution in [0.15, 0.2) is 97.3 Å². The predicted octanol–water partition coefficient (Wildman–Crippen LogP) is 6.35. The van der Waals surface area contributed by atoms with Crippen LogP contribution in [0.2, 0.25) is 0 Å². The van der Waals surface area contributed by atoms with Gasteiger partial charge in [-0.1, -0.05) is 72.8 Å². The third-order valence-corrected chi connectivity index (χ3v) is 5.85. The highest BCUT2D eigenvalue weighted by atomic mass is 14.7. The summed E-state index contributed by atoms with van der Waals surface area (Å²) in [5, 5.41) is 2.43. The molecule has 2 heteroatoms. The van der Waals surface area contributed by atoms with Crippen molar-refractivity contribution in [1.29, 1.82) is 0 Å². The molecule has 2 heterocycles. The van der Waals surface area contributed by atoms with Crippen LogP contribution in [-0.2, 0) is 25.7 Å². The molecule has 5 rings (SSSR count). The van der Waals surface area contributed by atoms with Crippen molar-refractivity contribution in [3.8, 4) is 0 Å². The van der Waals surface area contributed by atoms with E-state index in [-0.39, 0.29) is 0 Å². The van der Waals surface area contributed by atoms with Gasteiger partial charge in [0.05, 0.1) is 11.0 Å². The van der Waals surface area contributed by atoms with E-state index >= 15 is 0 Å². The van der Waals surface area contributed by atoms with Crippen LogP contribution in [0.1, 0.15) is 22.3 Å². The summed E-state index contributed by atoms with van der Waals surface area (Å²) < 4.78 is 0. The maximum absolute atomic E-state index is 4.72. The van der Waals surface area contributed by atoms with Crippen LogP contribution in [0.3, 0.4) is 0 Å². The molecule has 2 aromatic heterocycles. The first-order chi connectivity index (χ1) is 14.9. The Bertz CT molecular complexity index is 1180. The molecule has 0 bridgehead atoms. The summed E-state index contributed by atoms with van der Waals surface area (Å²) in [5.74, 6) is 0. The lowest BCUT2D eigenvalue weighted by molar-refractivity contribution is 0.964. The molecule has 0 N–H and O–H groups in total. The van der Waals surface area contributed by atoms with Crippen molar-refractivity contribution in [3.63, 3.8) is 0 Å². The van der Waals surface area contributed by atoms with Crippen LogP contribution in [0.25, 0.3) is 21.8 Å². The molecule has 0 aliphatic rings. The van der Waals surface area contributed by atoms with E-state index in [1.54, 1.807) is 0 Å². The minimum Gasteiger partial charge on any atom is -0.254 e. The van der Waals surface area contributed by atoms with Crippen molar-refractivity contribution in [2.45, 2.75) is 25.7 Å². The number of hydrogen-bond acceptors (Lipinski definition) is 2.